The van der Waals surface area contributed by atoms with Crippen molar-refractivity contribution in [3.05, 3.63) is 35.1 Å². The molecule has 3 N–H and O–H groups in total. The van der Waals surface area contributed by atoms with Crippen LogP contribution in [-0.2, 0) is 4.79 Å². The van der Waals surface area contributed by atoms with Gasteiger partial charge in [0.2, 0.25) is 5.91 Å². The van der Waals surface area contributed by atoms with Gasteiger partial charge in [0.15, 0.2) is 17.5 Å². The smallest absolute Gasteiger partial charge is 0.234 e. The summed E-state index contributed by atoms with van der Waals surface area (Å²) in [6, 6.07) is 0.879. The third kappa shape index (κ3) is 4.87. The minimum absolute atomic E-state index is 0. The van der Waals surface area contributed by atoms with Gasteiger partial charge in [-0.2, -0.15) is 0 Å². The lowest BCUT2D eigenvalue weighted by Crippen LogP contribution is -2.38. The van der Waals surface area contributed by atoms with Gasteiger partial charge in [0.25, 0.3) is 0 Å². The van der Waals surface area contributed by atoms with Crippen LogP contribution in [0.2, 0.25) is 0 Å². The molecule has 118 valence electrons. The lowest BCUT2D eigenvalue weighted by Gasteiger charge is -2.17. The molecule has 2 rings (SSSR count). The van der Waals surface area contributed by atoms with Crippen molar-refractivity contribution in [1.82, 2.24) is 10.6 Å². The van der Waals surface area contributed by atoms with Gasteiger partial charge in [-0.25, -0.2) is 13.2 Å². The monoisotopic (exact) mass is 324 g/mol. The molecule has 1 aromatic rings. The van der Waals surface area contributed by atoms with Gasteiger partial charge < -0.3 is 15.7 Å². The number of amides is 1. The molecule has 0 heterocycles. The van der Waals surface area contributed by atoms with E-state index < -0.39 is 36.0 Å². The number of benzene rings is 1. The van der Waals surface area contributed by atoms with Gasteiger partial charge in [0, 0.05) is 6.04 Å². The highest BCUT2D eigenvalue weighted by Crippen LogP contribution is 2.20. The normalized spacial score (nSPS) is 15.2. The number of hydrogen-bond donors (Lipinski definition) is 3. The summed E-state index contributed by atoms with van der Waals surface area (Å²) >= 11 is 0. The molecule has 1 amide bonds. The summed E-state index contributed by atoms with van der Waals surface area (Å²) < 4.78 is 39.1. The standard InChI is InChI=1S/C13H15F3N2O2.ClH/c14-9-3-7(4-10(15)13(9)16)11(6-19)18-12(20)5-17-8-1-2-8;/h3-4,8,11,17,19H,1-2,5-6H2,(H,18,20);1H. The molecule has 0 spiro atoms. The minimum Gasteiger partial charge on any atom is -0.394 e. The van der Waals surface area contributed by atoms with Crippen LogP contribution < -0.4 is 10.6 Å². The Morgan fingerprint density at radius 1 is 1.29 bits per heavy atom. The molecule has 1 aliphatic rings. The van der Waals surface area contributed by atoms with E-state index in [4.69, 9.17) is 0 Å². The van der Waals surface area contributed by atoms with E-state index in [1.807, 2.05) is 0 Å². The first kappa shape index (κ1) is 17.7. The van der Waals surface area contributed by atoms with Gasteiger partial charge in [-0.15, -0.1) is 12.4 Å². The number of halogens is 4. The molecule has 1 aliphatic carbocycles. The predicted octanol–water partition coefficient (Wildman–Crippen LogP) is 1.43. The highest BCUT2D eigenvalue weighted by molar-refractivity contribution is 5.85. The molecule has 1 saturated carbocycles. The maximum atomic E-state index is 13.1. The molecule has 0 aliphatic heterocycles. The van der Waals surface area contributed by atoms with E-state index in [2.05, 4.69) is 10.6 Å². The lowest BCUT2D eigenvalue weighted by molar-refractivity contribution is -0.121. The van der Waals surface area contributed by atoms with Gasteiger partial charge in [-0.05, 0) is 30.5 Å². The molecule has 1 fully saturated rings. The first-order valence-corrected chi connectivity index (χ1v) is 6.29. The van der Waals surface area contributed by atoms with Crippen molar-refractivity contribution in [1.29, 1.82) is 0 Å². The number of aliphatic hydroxyl groups is 1. The second-order valence-corrected chi connectivity index (χ2v) is 4.76. The summed E-state index contributed by atoms with van der Waals surface area (Å²) in [5.74, 6) is -4.69. The fourth-order valence-electron chi connectivity index (χ4n) is 1.78. The molecule has 0 radical (unpaired) electrons. The maximum absolute atomic E-state index is 13.1. The van der Waals surface area contributed by atoms with Gasteiger partial charge in [0.05, 0.1) is 19.2 Å². The average Bonchev–Trinajstić information content (AvgIpc) is 3.23. The fourth-order valence-corrected chi connectivity index (χ4v) is 1.78. The number of carbonyl (C=O) groups is 1. The van der Waals surface area contributed by atoms with E-state index in [1.165, 1.54) is 0 Å². The van der Waals surface area contributed by atoms with E-state index in [0.717, 1.165) is 25.0 Å². The molecular weight excluding hydrogens is 309 g/mol. The highest BCUT2D eigenvalue weighted by Gasteiger charge is 2.23. The second kappa shape index (κ2) is 7.63. The summed E-state index contributed by atoms with van der Waals surface area (Å²) in [7, 11) is 0. The van der Waals surface area contributed by atoms with Crippen LogP contribution in [0.5, 0.6) is 0 Å². The Morgan fingerprint density at radius 2 is 1.86 bits per heavy atom. The summed E-state index contributed by atoms with van der Waals surface area (Å²) in [5.41, 5.74) is -0.0244. The second-order valence-electron chi connectivity index (χ2n) is 4.76. The first-order valence-electron chi connectivity index (χ1n) is 6.29. The molecule has 0 aromatic heterocycles. The quantitative estimate of drug-likeness (QED) is 0.694. The number of hydrogen-bond acceptors (Lipinski definition) is 3. The number of rotatable bonds is 6. The fraction of sp³-hybridized carbons (Fsp3) is 0.462. The lowest BCUT2D eigenvalue weighted by atomic mass is 10.1. The van der Waals surface area contributed by atoms with Crippen molar-refractivity contribution in [2.24, 2.45) is 0 Å². The largest absolute Gasteiger partial charge is 0.394 e. The Labute approximate surface area is 126 Å². The number of nitrogens with one attached hydrogen (secondary N) is 2. The average molecular weight is 325 g/mol. The SMILES string of the molecule is Cl.O=C(CNC1CC1)NC(CO)c1cc(F)c(F)c(F)c1. The van der Waals surface area contributed by atoms with Crippen molar-refractivity contribution < 1.29 is 23.1 Å². The highest BCUT2D eigenvalue weighted by atomic mass is 35.5. The summed E-state index contributed by atoms with van der Waals surface area (Å²) in [6.07, 6.45) is 2.04. The Hall–Kier alpha value is -1.31. The third-order valence-corrected chi connectivity index (χ3v) is 3.05. The zero-order valence-corrected chi connectivity index (χ0v) is 11.9. The topological polar surface area (TPSA) is 61.4 Å². The molecule has 8 heteroatoms. The van der Waals surface area contributed by atoms with E-state index in [9.17, 15) is 23.1 Å². The van der Waals surface area contributed by atoms with Gasteiger partial charge in [-0.3, -0.25) is 4.79 Å². The van der Waals surface area contributed by atoms with Crippen LogP contribution in [0.3, 0.4) is 0 Å². The van der Waals surface area contributed by atoms with Crippen LogP contribution in [0.4, 0.5) is 13.2 Å². The van der Waals surface area contributed by atoms with Crippen LogP contribution in [0, 0.1) is 17.5 Å². The van der Waals surface area contributed by atoms with Gasteiger partial charge in [0.1, 0.15) is 0 Å². The van der Waals surface area contributed by atoms with Crippen LogP contribution in [0.15, 0.2) is 12.1 Å². The van der Waals surface area contributed by atoms with Crippen molar-refractivity contribution in [3.8, 4) is 0 Å². The molecular formula is C13H16ClF3N2O2. The Morgan fingerprint density at radius 3 is 2.33 bits per heavy atom. The van der Waals surface area contributed by atoms with Gasteiger partial charge >= 0.3 is 0 Å². The summed E-state index contributed by atoms with van der Waals surface area (Å²) in [6.45, 7) is -0.479. The molecule has 21 heavy (non-hydrogen) atoms. The third-order valence-electron chi connectivity index (χ3n) is 3.05. The predicted molar refractivity (Wildman–Crippen MR) is 72.6 cm³/mol. The van der Waals surface area contributed by atoms with E-state index in [1.54, 1.807) is 0 Å². The zero-order valence-electron chi connectivity index (χ0n) is 11.0. The van der Waals surface area contributed by atoms with Crippen LogP contribution in [-0.4, -0.2) is 30.2 Å². The van der Waals surface area contributed by atoms with Crippen molar-refractivity contribution in [2.75, 3.05) is 13.2 Å². The van der Waals surface area contributed by atoms with Crippen molar-refractivity contribution in [3.63, 3.8) is 0 Å². The zero-order chi connectivity index (χ0) is 14.7. The maximum Gasteiger partial charge on any atom is 0.234 e. The van der Waals surface area contributed by atoms with Crippen LogP contribution >= 0.6 is 12.4 Å². The number of aliphatic hydroxyl groups excluding tert-OH is 1. The molecule has 1 aromatic carbocycles. The first-order chi connectivity index (χ1) is 9.51. The Bertz CT molecular complexity index is 489. The summed E-state index contributed by atoms with van der Waals surface area (Å²) in [5, 5.41) is 14.6. The van der Waals surface area contributed by atoms with Crippen LogP contribution in [0.25, 0.3) is 0 Å². The van der Waals surface area contributed by atoms with Crippen molar-refractivity contribution >= 4 is 18.3 Å². The Kier molecular flexibility index (Phi) is 6.44. The Balaban J connectivity index is 0.00000220. The van der Waals surface area contributed by atoms with Crippen LogP contribution in [0.1, 0.15) is 24.4 Å². The van der Waals surface area contributed by atoms with Crippen molar-refractivity contribution in [2.45, 2.75) is 24.9 Å². The number of carbonyl (C=O) groups excluding carboxylic acids is 1. The molecule has 1 atom stereocenters. The van der Waals surface area contributed by atoms with Gasteiger partial charge in [-0.1, -0.05) is 0 Å². The molecule has 0 saturated heterocycles. The summed E-state index contributed by atoms with van der Waals surface area (Å²) in [4.78, 5) is 11.6. The van der Waals surface area contributed by atoms with E-state index >= 15 is 0 Å². The molecule has 4 nitrogen and oxygen atoms in total. The van der Waals surface area contributed by atoms with E-state index in [0.29, 0.717) is 6.04 Å². The van der Waals surface area contributed by atoms with E-state index in [-0.39, 0.29) is 24.5 Å². The molecule has 1 unspecified atom stereocenters. The molecule has 0 bridgehead atoms. The minimum atomic E-state index is -1.58.